The molecule has 0 radical (unpaired) electrons. The van der Waals surface area contributed by atoms with Crippen LogP contribution in [-0.4, -0.2) is 23.2 Å². The van der Waals surface area contributed by atoms with E-state index in [1.54, 1.807) is 24.1 Å². The van der Waals surface area contributed by atoms with E-state index in [9.17, 15) is 9.18 Å². The zero-order valence-electron chi connectivity index (χ0n) is 9.49. The van der Waals surface area contributed by atoms with Gasteiger partial charge in [-0.05, 0) is 17.7 Å². The molecule has 0 bridgehead atoms. The summed E-state index contributed by atoms with van der Waals surface area (Å²) in [6.07, 6.45) is 1.27. The number of anilines is 1. The summed E-state index contributed by atoms with van der Waals surface area (Å²) in [5.41, 5.74) is 6.70. The molecule has 0 aromatic heterocycles. The Morgan fingerprint density at radius 1 is 1.35 bits per heavy atom. The molecule has 1 fully saturated rings. The second kappa shape index (κ2) is 5.51. The van der Waals surface area contributed by atoms with Gasteiger partial charge in [-0.25, -0.2) is 8.70 Å². The standard InChI is InChI=1S/C12H15FN2OS/c13-11-2-1-9(7-12(11)14)8-17-15-5-3-10(16)4-6-15/h1-2,7H,3-6,8,14H2. The second-order valence-corrected chi connectivity index (χ2v) is 5.16. The smallest absolute Gasteiger partial charge is 0.146 e. The molecule has 0 spiro atoms. The molecule has 1 heterocycles. The Morgan fingerprint density at radius 3 is 2.71 bits per heavy atom. The van der Waals surface area contributed by atoms with Crippen molar-refractivity contribution >= 4 is 23.4 Å². The summed E-state index contributed by atoms with van der Waals surface area (Å²) in [5.74, 6) is 0.730. The highest BCUT2D eigenvalue weighted by Crippen LogP contribution is 2.22. The van der Waals surface area contributed by atoms with Gasteiger partial charge < -0.3 is 5.73 Å². The Labute approximate surface area is 104 Å². The van der Waals surface area contributed by atoms with E-state index in [4.69, 9.17) is 5.73 Å². The van der Waals surface area contributed by atoms with Crippen LogP contribution in [0.2, 0.25) is 0 Å². The van der Waals surface area contributed by atoms with Crippen molar-refractivity contribution in [2.75, 3.05) is 18.8 Å². The van der Waals surface area contributed by atoms with Crippen molar-refractivity contribution in [3.05, 3.63) is 29.6 Å². The minimum absolute atomic E-state index is 0.192. The molecular weight excluding hydrogens is 239 g/mol. The lowest BCUT2D eigenvalue weighted by atomic mass is 10.1. The molecule has 2 rings (SSSR count). The fraction of sp³-hybridized carbons (Fsp3) is 0.417. The maximum absolute atomic E-state index is 13.0. The van der Waals surface area contributed by atoms with Gasteiger partial charge in [-0.15, -0.1) is 0 Å². The van der Waals surface area contributed by atoms with Crippen LogP contribution in [0.3, 0.4) is 0 Å². The summed E-state index contributed by atoms with van der Waals surface area (Å²) < 4.78 is 15.1. The van der Waals surface area contributed by atoms with Crippen molar-refractivity contribution in [1.82, 2.24) is 4.31 Å². The molecule has 3 nitrogen and oxygen atoms in total. The molecule has 0 amide bonds. The molecule has 0 aliphatic carbocycles. The first-order valence-electron chi connectivity index (χ1n) is 5.58. The number of piperidine rings is 1. The van der Waals surface area contributed by atoms with Crippen molar-refractivity contribution in [3.63, 3.8) is 0 Å². The zero-order chi connectivity index (χ0) is 12.3. The van der Waals surface area contributed by atoms with Crippen molar-refractivity contribution < 1.29 is 9.18 Å². The van der Waals surface area contributed by atoms with E-state index in [2.05, 4.69) is 4.31 Å². The first kappa shape index (κ1) is 12.4. The number of rotatable bonds is 3. The summed E-state index contributed by atoms with van der Waals surface area (Å²) in [6, 6.07) is 4.80. The van der Waals surface area contributed by atoms with E-state index in [-0.39, 0.29) is 11.5 Å². The monoisotopic (exact) mass is 254 g/mol. The van der Waals surface area contributed by atoms with E-state index in [0.29, 0.717) is 18.6 Å². The number of ketones is 1. The van der Waals surface area contributed by atoms with Crippen LogP contribution in [0.15, 0.2) is 18.2 Å². The summed E-state index contributed by atoms with van der Waals surface area (Å²) in [4.78, 5) is 11.1. The number of halogens is 1. The first-order valence-corrected chi connectivity index (χ1v) is 6.53. The average molecular weight is 254 g/mol. The molecule has 1 aromatic rings. The molecule has 1 aliphatic heterocycles. The van der Waals surface area contributed by atoms with Gasteiger partial charge >= 0.3 is 0 Å². The van der Waals surface area contributed by atoms with Gasteiger partial charge in [-0.2, -0.15) is 0 Å². The van der Waals surface area contributed by atoms with Crippen LogP contribution in [0.4, 0.5) is 10.1 Å². The van der Waals surface area contributed by atoms with Gasteiger partial charge in [0.2, 0.25) is 0 Å². The number of hydrogen-bond acceptors (Lipinski definition) is 4. The number of nitrogens with zero attached hydrogens (tertiary/aromatic N) is 1. The third kappa shape index (κ3) is 3.44. The molecule has 1 aliphatic rings. The van der Waals surface area contributed by atoms with E-state index in [1.807, 2.05) is 0 Å². The van der Waals surface area contributed by atoms with Gasteiger partial charge in [0.15, 0.2) is 0 Å². The number of nitrogen functional groups attached to an aromatic ring is 1. The summed E-state index contributed by atoms with van der Waals surface area (Å²) in [5, 5.41) is 0. The predicted molar refractivity (Wildman–Crippen MR) is 67.9 cm³/mol. The number of hydrogen-bond donors (Lipinski definition) is 1. The van der Waals surface area contributed by atoms with Gasteiger partial charge in [0.1, 0.15) is 11.6 Å². The minimum Gasteiger partial charge on any atom is -0.396 e. The molecule has 0 atom stereocenters. The normalized spacial score (nSPS) is 17.4. The number of nitrogens with two attached hydrogens (primary N) is 1. The molecule has 5 heteroatoms. The molecule has 2 N–H and O–H groups in total. The van der Waals surface area contributed by atoms with Crippen LogP contribution >= 0.6 is 11.9 Å². The zero-order valence-corrected chi connectivity index (χ0v) is 10.3. The second-order valence-electron chi connectivity index (χ2n) is 4.10. The lowest BCUT2D eigenvalue weighted by molar-refractivity contribution is -0.120. The lowest BCUT2D eigenvalue weighted by Gasteiger charge is -2.24. The van der Waals surface area contributed by atoms with Gasteiger partial charge in [0.25, 0.3) is 0 Å². The Balaban J connectivity index is 1.85. The third-order valence-corrected chi connectivity index (χ3v) is 3.95. The Morgan fingerprint density at radius 2 is 2.06 bits per heavy atom. The molecule has 17 heavy (non-hydrogen) atoms. The van der Waals surface area contributed by atoms with Crippen LogP contribution in [0.25, 0.3) is 0 Å². The minimum atomic E-state index is -0.373. The topological polar surface area (TPSA) is 46.3 Å². The summed E-state index contributed by atoms with van der Waals surface area (Å²) in [7, 11) is 0. The Bertz CT molecular complexity index is 415. The van der Waals surface area contributed by atoms with E-state index < -0.39 is 0 Å². The largest absolute Gasteiger partial charge is 0.396 e. The van der Waals surface area contributed by atoms with Gasteiger partial charge in [-0.1, -0.05) is 18.0 Å². The number of carbonyl (C=O) groups is 1. The number of benzene rings is 1. The summed E-state index contributed by atoms with van der Waals surface area (Å²) in [6.45, 7) is 1.61. The highest BCUT2D eigenvalue weighted by atomic mass is 32.2. The molecule has 0 unspecified atom stereocenters. The van der Waals surface area contributed by atoms with Crippen molar-refractivity contribution in [3.8, 4) is 0 Å². The predicted octanol–water partition coefficient (Wildman–Crippen LogP) is 2.22. The maximum atomic E-state index is 13.0. The van der Waals surface area contributed by atoms with Gasteiger partial charge in [0.05, 0.1) is 5.69 Å². The van der Waals surface area contributed by atoms with Crippen LogP contribution in [0.1, 0.15) is 18.4 Å². The molecule has 1 aromatic carbocycles. The van der Waals surface area contributed by atoms with Gasteiger partial charge in [-0.3, -0.25) is 4.79 Å². The molecule has 0 saturated carbocycles. The van der Waals surface area contributed by atoms with Gasteiger partial charge in [0, 0.05) is 31.7 Å². The highest BCUT2D eigenvalue weighted by molar-refractivity contribution is 7.96. The first-order chi connectivity index (χ1) is 8.15. The number of Topliss-reactive ketones (excluding diaryl/α,β-unsaturated/α-hetero) is 1. The fourth-order valence-electron chi connectivity index (χ4n) is 1.71. The van der Waals surface area contributed by atoms with E-state index in [1.165, 1.54) is 6.07 Å². The average Bonchev–Trinajstić information content (AvgIpc) is 2.33. The molecule has 92 valence electrons. The van der Waals surface area contributed by atoms with Crippen molar-refractivity contribution in [2.45, 2.75) is 18.6 Å². The Hall–Kier alpha value is -1.07. The van der Waals surface area contributed by atoms with Crippen molar-refractivity contribution in [2.24, 2.45) is 0 Å². The van der Waals surface area contributed by atoms with Crippen LogP contribution < -0.4 is 5.73 Å². The van der Waals surface area contributed by atoms with Crippen LogP contribution in [0.5, 0.6) is 0 Å². The quantitative estimate of drug-likeness (QED) is 0.663. The molecular formula is C12H15FN2OS. The third-order valence-electron chi connectivity index (χ3n) is 2.75. The number of carbonyl (C=O) groups excluding carboxylic acids is 1. The maximum Gasteiger partial charge on any atom is 0.146 e. The van der Waals surface area contributed by atoms with Crippen LogP contribution in [-0.2, 0) is 10.5 Å². The van der Waals surface area contributed by atoms with Crippen molar-refractivity contribution in [1.29, 1.82) is 0 Å². The molecule has 1 saturated heterocycles. The van der Waals surface area contributed by atoms with E-state index >= 15 is 0 Å². The fourth-order valence-corrected chi connectivity index (χ4v) is 2.67. The SMILES string of the molecule is Nc1cc(CSN2CCC(=O)CC2)ccc1F. The Kier molecular flexibility index (Phi) is 4.02. The highest BCUT2D eigenvalue weighted by Gasteiger charge is 2.16. The lowest BCUT2D eigenvalue weighted by Crippen LogP contribution is -2.28. The van der Waals surface area contributed by atoms with E-state index in [0.717, 1.165) is 24.4 Å². The summed E-state index contributed by atoms with van der Waals surface area (Å²) >= 11 is 1.67. The van der Waals surface area contributed by atoms with Crippen LogP contribution in [0, 0.1) is 5.82 Å².